The Morgan fingerprint density at radius 1 is 1.50 bits per heavy atom. The van der Waals surface area contributed by atoms with Gasteiger partial charge in [0.15, 0.2) is 0 Å². The second kappa shape index (κ2) is 6.21. The van der Waals surface area contributed by atoms with E-state index in [0.29, 0.717) is 12.0 Å². The smallest absolute Gasteiger partial charge is 0.236 e. The van der Waals surface area contributed by atoms with Crippen LogP contribution in [0.2, 0.25) is 0 Å². The SMILES string of the molecule is CCNC(=O)C(C)NCC1(CCOC)CC1. The zero-order valence-electron chi connectivity index (χ0n) is 10.6. The Morgan fingerprint density at radius 3 is 2.69 bits per heavy atom. The highest BCUT2D eigenvalue weighted by atomic mass is 16.5. The zero-order valence-corrected chi connectivity index (χ0v) is 10.6. The lowest BCUT2D eigenvalue weighted by Gasteiger charge is -2.19. The minimum Gasteiger partial charge on any atom is -0.385 e. The van der Waals surface area contributed by atoms with E-state index in [1.165, 1.54) is 12.8 Å². The maximum atomic E-state index is 11.5. The lowest BCUT2D eigenvalue weighted by molar-refractivity contribution is -0.122. The topological polar surface area (TPSA) is 50.4 Å². The molecule has 0 aliphatic heterocycles. The van der Waals surface area contributed by atoms with E-state index in [9.17, 15) is 4.79 Å². The van der Waals surface area contributed by atoms with Crippen molar-refractivity contribution in [1.29, 1.82) is 0 Å². The van der Waals surface area contributed by atoms with Crippen LogP contribution in [0.1, 0.15) is 33.1 Å². The van der Waals surface area contributed by atoms with Crippen molar-refractivity contribution in [2.75, 3.05) is 26.8 Å². The van der Waals surface area contributed by atoms with Crippen molar-refractivity contribution in [3.8, 4) is 0 Å². The summed E-state index contributed by atoms with van der Waals surface area (Å²) in [5.41, 5.74) is 0.400. The van der Waals surface area contributed by atoms with Gasteiger partial charge in [-0.2, -0.15) is 0 Å². The van der Waals surface area contributed by atoms with Crippen LogP contribution in [0.4, 0.5) is 0 Å². The van der Waals surface area contributed by atoms with Crippen LogP contribution in [0, 0.1) is 5.41 Å². The van der Waals surface area contributed by atoms with E-state index in [2.05, 4.69) is 10.6 Å². The number of methoxy groups -OCH3 is 1. The van der Waals surface area contributed by atoms with E-state index in [1.807, 2.05) is 13.8 Å². The molecule has 0 aromatic rings. The van der Waals surface area contributed by atoms with E-state index < -0.39 is 0 Å². The summed E-state index contributed by atoms with van der Waals surface area (Å²) in [5, 5.41) is 6.13. The fourth-order valence-corrected chi connectivity index (χ4v) is 1.80. The molecule has 0 spiro atoms. The molecule has 1 atom stereocenters. The minimum absolute atomic E-state index is 0.0880. The second-order valence-electron chi connectivity index (χ2n) is 4.74. The van der Waals surface area contributed by atoms with E-state index in [4.69, 9.17) is 4.74 Å². The number of likely N-dealkylation sites (N-methyl/N-ethyl adjacent to an activating group) is 1. The van der Waals surface area contributed by atoms with E-state index in [1.54, 1.807) is 7.11 Å². The Kier molecular flexibility index (Phi) is 5.22. The van der Waals surface area contributed by atoms with Crippen molar-refractivity contribution in [2.24, 2.45) is 5.41 Å². The molecule has 4 nitrogen and oxygen atoms in total. The van der Waals surface area contributed by atoms with Crippen molar-refractivity contribution < 1.29 is 9.53 Å². The van der Waals surface area contributed by atoms with Crippen molar-refractivity contribution in [2.45, 2.75) is 39.2 Å². The van der Waals surface area contributed by atoms with Crippen LogP contribution in [-0.2, 0) is 9.53 Å². The quantitative estimate of drug-likeness (QED) is 0.649. The summed E-state index contributed by atoms with van der Waals surface area (Å²) in [6.45, 7) is 6.29. The zero-order chi connectivity index (χ0) is 12.0. The van der Waals surface area contributed by atoms with Crippen LogP contribution in [0.3, 0.4) is 0 Å². The first kappa shape index (κ1) is 13.5. The molecule has 0 saturated heterocycles. The minimum atomic E-state index is -0.0973. The monoisotopic (exact) mass is 228 g/mol. The molecular formula is C12H24N2O2. The van der Waals surface area contributed by atoms with Gasteiger partial charge in [-0.1, -0.05) is 0 Å². The summed E-state index contributed by atoms with van der Waals surface area (Å²) < 4.78 is 5.10. The van der Waals surface area contributed by atoms with Crippen molar-refractivity contribution in [3.63, 3.8) is 0 Å². The molecule has 94 valence electrons. The molecule has 0 bridgehead atoms. The fraction of sp³-hybridized carbons (Fsp3) is 0.917. The number of carbonyl (C=O) groups is 1. The first-order valence-electron chi connectivity index (χ1n) is 6.13. The van der Waals surface area contributed by atoms with E-state index >= 15 is 0 Å². The molecule has 1 rings (SSSR count). The first-order valence-corrected chi connectivity index (χ1v) is 6.13. The highest BCUT2D eigenvalue weighted by molar-refractivity contribution is 5.81. The molecule has 1 saturated carbocycles. The summed E-state index contributed by atoms with van der Waals surface area (Å²) in [5.74, 6) is 0.0880. The third kappa shape index (κ3) is 4.10. The highest BCUT2D eigenvalue weighted by Crippen LogP contribution is 2.48. The Bertz CT molecular complexity index is 227. The molecule has 4 heteroatoms. The van der Waals surface area contributed by atoms with Gasteiger partial charge >= 0.3 is 0 Å². The normalized spacial score (nSPS) is 19.2. The molecule has 0 radical (unpaired) electrons. The van der Waals surface area contributed by atoms with Crippen molar-refractivity contribution >= 4 is 5.91 Å². The number of hydrogen-bond donors (Lipinski definition) is 2. The molecule has 1 unspecified atom stereocenters. The summed E-state index contributed by atoms with van der Waals surface area (Å²) in [6.07, 6.45) is 3.61. The van der Waals surface area contributed by atoms with Crippen molar-refractivity contribution in [3.05, 3.63) is 0 Å². The number of amides is 1. The van der Waals surface area contributed by atoms with Gasteiger partial charge in [0.05, 0.1) is 6.04 Å². The molecule has 1 fully saturated rings. The van der Waals surface area contributed by atoms with Crippen LogP contribution >= 0.6 is 0 Å². The van der Waals surface area contributed by atoms with Gasteiger partial charge in [-0.25, -0.2) is 0 Å². The number of rotatable bonds is 8. The van der Waals surface area contributed by atoms with Crippen LogP contribution in [0.15, 0.2) is 0 Å². The van der Waals surface area contributed by atoms with Gasteiger partial charge in [0.1, 0.15) is 0 Å². The van der Waals surface area contributed by atoms with Gasteiger partial charge in [-0.15, -0.1) is 0 Å². The van der Waals surface area contributed by atoms with Crippen LogP contribution < -0.4 is 10.6 Å². The summed E-state index contributed by atoms with van der Waals surface area (Å²) in [4.78, 5) is 11.5. The molecule has 0 aromatic carbocycles. The molecule has 16 heavy (non-hydrogen) atoms. The molecule has 0 heterocycles. The largest absolute Gasteiger partial charge is 0.385 e. The van der Waals surface area contributed by atoms with Gasteiger partial charge in [-0.3, -0.25) is 4.79 Å². The maximum Gasteiger partial charge on any atom is 0.236 e. The standard InChI is InChI=1S/C12H24N2O2/c1-4-13-11(15)10(2)14-9-12(5-6-12)7-8-16-3/h10,14H,4-9H2,1-3H3,(H,13,15). The highest BCUT2D eigenvalue weighted by Gasteiger charge is 2.41. The first-order chi connectivity index (χ1) is 7.63. The molecule has 1 amide bonds. The van der Waals surface area contributed by atoms with Crippen molar-refractivity contribution in [1.82, 2.24) is 10.6 Å². The fourth-order valence-electron chi connectivity index (χ4n) is 1.80. The Hall–Kier alpha value is -0.610. The lowest BCUT2D eigenvalue weighted by atomic mass is 10.0. The third-order valence-corrected chi connectivity index (χ3v) is 3.32. The summed E-state index contributed by atoms with van der Waals surface area (Å²) in [7, 11) is 1.74. The third-order valence-electron chi connectivity index (χ3n) is 3.32. The Morgan fingerprint density at radius 2 is 2.19 bits per heavy atom. The maximum absolute atomic E-state index is 11.5. The average molecular weight is 228 g/mol. The molecule has 1 aliphatic carbocycles. The summed E-state index contributed by atoms with van der Waals surface area (Å²) >= 11 is 0. The molecule has 2 N–H and O–H groups in total. The lowest BCUT2D eigenvalue weighted by Crippen LogP contribution is -2.44. The number of carbonyl (C=O) groups excluding carboxylic acids is 1. The summed E-state index contributed by atoms with van der Waals surface area (Å²) in [6, 6.07) is -0.0973. The van der Waals surface area contributed by atoms with Crippen LogP contribution in [-0.4, -0.2) is 38.8 Å². The number of nitrogens with one attached hydrogen (secondary N) is 2. The van der Waals surface area contributed by atoms with Crippen LogP contribution in [0.25, 0.3) is 0 Å². The average Bonchev–Trinajstić information content (AvgIpc) is 3.04. The Balaban J connectivity index is 2.20. The van der Waals surface area contributed by atoms with Gasteiger partial charge in [-0.05, 0) is 38.5 Å². The second-order valence-corrected chi connectivity index (χ2v) is 4.74. The molecule has 0 aromatic heterocycles. The number of ether oxygens (including phenoxy) is 1. The van der Waals surface area contributed by atoms with Gasteiger partial charge in [0.25, 0.3) is 0 Å². The predicted octanol–water partition coefficient (Wildman–Crippen LogP) is 0.917. The van der Waals surface area contributed by atoms with Gasteiger partial charge in [0, 0.05) is 26.8 Å². The van der Waals surface area contributed by atoms with Gasteiger partial charge in [0.2, 0.25) is 5.91 Å². The molecule has 1 aliphatic rings. The van der Waals surface area contributed by atoms with Gasteiger partial charge < -0.3 is 15.4 Å². The molecular weight excluding hydrogens is 204 g/mol. The number of hydrogen-bond acceptors (Lipinski definition) is 3. The van der Waals surface area contributed by atoms with Crippen LogP contribution in [0.5, 0.6) is 0 Å². The van der Waals surface area contributed by atoms with E-state index in [-0.39, 0.29) is 11.9 Å². The Labute approximate surface area is 98.1 Å². The predicted molar refractivity (Wildman–Crippen MR) is 64.3 cm³/mol. The van der Waals surface area contributed by atoms with E-state index in [0.717, 1.165) is 19.6 Å².